The first kappa shape index (κ1) is 93.9. The summed E-state index contributed by atoms with van der Waals surface area (Å²) in [5.41, 5.74) is -0.395. The number of pyridine rings is 3. The van der Waals surface area contributed by atoms with Crippen molar-refractivity contribution in [2.75, 3.05) is 36.4 Å². The Bertz CT molecular complexity index is 6410. The third kappa shape index (κ3) is 17.3. The van der Waals surface area contributed by atoms with E-state index < -0.39 is 88.8 Å². The van der Waals surface area contributed by atoms with Crippen molar-refractivity contribution >= 4 is 154 Å². The summed E-state index contributed by atoms with van der Waals surface area (Å²) in [7, 11) is -6.55. The highest BCUT2D eigenvalue weighted by molar-refractivity contribution is 9.11. The Labute approximate surface area is 718 Å². The van der Waals surface area contributed by atoms with E-state index in [4.69, 9.17) is 37.4 Å². The van der Waals surface area contributed by atoms with E-state index in [2.05, 4.69) is 31.9 Å². The fourth-order valence-electron chi connectivity index (χ4n) is 13.7. The monoisotopic (exact) mass is 1850 g/mol. The lowest BCUT2D eigenvalue weighted by Gasteiger charge is -2.38. The van der Waals surface area contributed by atoms with Crippen LogP contribution in [0.2, 0.25) is 0 Å². The van der Waals surface area contributed by atoms with E-state index in [-0.39, 0.29) is 83.4 Å². The second-order valence-electron chi connectivity index (χ2n) is 34.3. The number of sulfone groups is 2. The number of fused-ring (bicyclic) bond motifs is 5. The fraction of sp³-hybridized carbons (Fsp3) is 0.427. The van der Waals surface area contributed by atoms with Gasteiger partial charge in [0.05, 0.1) is 69.0 Å². The summed E-state index contributed by atoms with van der Waals surface area (Å²) in [6, 6.07) is 24.1. The number of aryl methyl sites for hydroxylation is 6. The molecule has 0 radical (unpaired) electrons. The third-order valence-electron chi connectivity index (χ3n) is 22.9. The Balaban J connectivity index is 0.000000160. The van der Waals surface area contributed by atoms with Gasteiger partial charge in [0.25, 0.3) is 48.5 Å². The van der Waals surface area contributed by atoms with Gasteiger partial charge in [0, 0.05) is 129 Å². The number of nitrogens with zero attached hydrogens (tertiary/aromatic N) is 8. The molecule has 644 valence electrons. The maximum atomic E-state index is 13.3. The molecule has 5 aliphatic rings. The van der Waals surface area contributed by atoms with Gasteiger partial charge in [0.2, 0.25) is 0 Å². The van der Waals surface area contributed by atoms with E-state index >= 15 is 0 Å². The Hall–Kier alpha value is -8.40. The van der Waals surface area contributed by atoms with Gasteiger partial charge in [-0.05, 0) is 223 Å². The first-order chi connectivity index (χ1) is 54.4. The number of aromatic nitrogens is 6. The maximum absolute atomic E-state index is 13.3. The molecule has 0 spiro atoms. The van der Waals surface area contributed by atoms with Crippen LogP contribution in [-0.4, -0.2) is 164 Å². The first-order valence-electron chi connectivity index (χ1n) is 37.7. The lowest BCUT2D eigenvalue weighted by molar-refractivity contribution is -0.132. The van der Waals surface area contributed by atoms with Gasteiger partial charge >= 0.3 is 21.1 Å². The first-order valence-corrected chi connectivity index (χ1v) is 46.0. The van der Waals surface area contributed by atoms with Gasteiger partial charge in [0.15, 0.2) is 42.4 Å². The topological polar surface area (TPSA) is 332 Å². The predicted molar refractivity (Wildman–Crippen MR) is 474 cm³/mol. The van der Waals surface area contributed by atoms with E-state index in [1.165, 1.54) is 54.1 Å². The number of ether oxygens (including phenoxy) is 2. The van der Waals surface area contributed by atoms with Crippen molar-refractivity contribution in [2.45, 2.75) is 196 Å². The standard InChI is InChI=1S/C21H25BN2O5S.C21H23N3O5S.C15H13BrN2O3S.C12H24B2O4.C12H14BrNO4S.CH4/c1-14-7-9-15(10-8-14)30(26,27)24-12-11-16-17(13-23(6)19(25)18(16)24)22-28-20(2,3)21(4,5)29-22;1-21(2)20(26)24(5)16-10-12(30(6,27)28)9-14(18(16)29-21)15-11-23(4)19(25)17-13(15)7-8-22(17)3;1-10-3-5-11(6-4-10)22(20,21)18-8-7-12-13(16)9-17(2)15(19)14(12)18;1-9(2)10(3,4)16-13(15-9)14-17-11(5,6)12(7,8)18-14;1-12(2)11(15)14(3)9-6-7(19(4,16)17)5-8(13)10(9)18-12;/h7-13H,1-6H3;7-11H,1-6H3;3-9H,1-2H3;1-8H3;5-6H,1-4H3;1H4. The van der Waals surface area contributed by atoms with Crippen LogP contribution >= 0.6 is 31.9 Å². The summed E-state index contributed by atoms with van der Waals surface area (Å²) in [6.07, 6.45) is 11.8. The fourth-order valence-corrected chi connectivity index (χ4v) is 19.0. The van der Waals surface area contributed by atoms with Crippen molar-refractivity contribution < 1.29 is 80.7 Å². The molecule has 10 aromatic rings. The van der Waals surface area contributed by atoms with Crippen molar-refractivity contribution in [2.24, 2.45) is 28.2 Å². The molecule has 0 unspecified atom stereocenters. The van der Waals surface area contributed by atoms with E-state index in [1.54, 1.807) is 166 Å². The highest BCUT2D eigenvalue weighted by atomic mass is 79.9. The van der Waals surface area contributed by atoms with Crippen LogP contribution in [0.15, 0.2) is 171 Å². The number of carbonyl (C=O) groups is 2. The minimum atomic E-state index is -3.94. The molecule has 3 fully saturated rings. The molecule has 29 nitrogen and oxygen atoms in total. The van der Waals surface area contributed by atoms with Gasteiger partial charge in [-0.25, -0.2) is 41.6 Å². The Morgan fingerprint density at radius 2 is 0.717 bits per heavy atom. The molecule has 5 aliphatic heterocycles. The number of carbonyl (C=O) groups excluding carboxylic acids is 2. The largest absolute Gasteiger partial charge is 0.497 e. The van der Waals surface area contributed by atoms with Gasteiger partial charge < -0.3 is 65.5 Å². The minimum Gasteiger partial charge on any atom is -0.475 e. The maximum Gasteiger partial charge on any atom is 0.497 e. The zero-order valence-electron chi connectivity index (χ0n) is 71.4. The molecule has 3 saturated heterocycles. The molecule has 0 saturated carbocycles. The van der Waals surface area contributed by atoms with Crippen LogP contribution < -0.4 is 41.4 Å². The quantitative estimate of drug-likeness (QED) is 0.121. The number of amides is 2. The zero-order chi connectivity index (χ0) is 88.9. The summed E-state index contributed by atoms with van der Waals surface area (Å²) in [6.45, 7) is 34.4. The van der Waals surface area contributed by atoms with Crippen molar-refractivity contribution in [3.63, 3.8) is 0 Å². The van der Waals surface area contributed by atoms with Crippen LogP contribution in [0, 0.1) is 13.8 Å². The van der Waals surface area contributed by atoms with Gasteiger partial charge in [0.1, 0.15) is 16.6 Å². The highest BCUT2D eigenvalue weighted by Crippen LogP contribution is 2.49. The molecule has 120 heavy (non-hydrogen) atoms. The molecule has 38 heteroatoms. The Morgan fingerprint density at radius 1 is 0.367 bits per heavy atom. The summed E-state index contributed by atoms with van der Waals surface area (Å²) in [5, 5.41) is 1.74. The van der Waals surface area contributed by atoms with Gasteiger partial charge in [-0.2, -0.15) is 0 Å². The Morgan fingerprint density at radius 3 is 1.14 bits per heavy atom. The lowest BCUT2D eigenvalue weighted by Crippen LogP contribution is -2.51. The third-order valence-corrected chi connectivity index (χ3v) is 29.6. The van der Waals surface area contributed by atoms with Crippen LogP contribution in [0.3, 0.4) is 0 Å². The number of halogens is 2. The average Bonchev–Trinajstić information content (AvgIpc) is 1.46. The van der Waals surface area contributed by atoms with Gasteiger partial charge in [-0.15, -0.1) is 0 Å². The molecule has 0 N–H and O–H groups in total. The molecular weight excluding hydrogens is 1750 g/mol. The number of anilines is 2. The van der Waals surface area contributed by atoms with Crippen LogP contribution in [0.25, 0.3) is 43.8 Å². The Kier molecular flexibility index (Phi) is 25.1. The van der Waals surface area contributed by atoms with E-state index in [9.17, 15) is 57.6 Å². The average molecular weight is 1860 g/mol. The molecule has 15 rings (SSSR count). The lowest BCUT2D eigenvalue weighted by atomic mass is 9.49. The second-order valence-corrected chi connectivity index (χ2v) is 43.7. The van der Waals surface area contributed by atoms with Crippen LogP contribution in [0.1, 0.15) is 129 Å². The number of hydrogen-bond acceptors (Lipinski definition) is 21. The van der Waals surface area contributed by atoms with Crippen LogP contribution in [-0.2, 0) is 105 Å². The van der Waals surface area contributed by atoms with E-state index in [0.717, 1.165) is 31.6 Å². The van der Waals surface area contributed by atoms with Crippen molar-refractivity contribution in [3.05, 3.63) is 179 Å². The molecule has 6 aromatic heterocycles. The second kappa shape index (κ2) is 32.1. The van der Waals surface area contributed by atoms with Crippen molar-refractivity contribution in [1.29, 1.82) is 0 Å². The van der Waals surface area contributed by atoms with Crippen molar-refractivity contribution in [3.8, 4) is 22.6 Å². The summed E-state index contributed by atoms with van der Waals surface area (Å²) < 4.78 is 157. The zero-order valence-corrected chi connectivity index (χ0v) is 77.8. The summed E-state index contributed by atoms with van der Waals surface area (Å²) >= 11 is 6.66. The van der Waals surface area contributed by atoms with Crippen LogP contribution in [0.4, 0.5) is 11.4 Å². The van der Waals surface area contributed by atoms with E-state index in [0.29, 0.717) is 70.1 Å². The molecule has 0 bridgehead atoms. The predicted octanol–water partition coefficient (Wildman–Crippen LogP) is 11.8. The van der Waals surface area contributed by atoms with Gasteiger partial charge in [-0.1, -0.05) is 42.8 Å². The molecule has 11 heterocycles. The van der Waals surface area contributed by atoms with Gasteiger partial charge in [-0.3, -0.25) is 24.0 Å². The smallest absolute Gasteiger partial charge is 0.475 e. The highest BCUT2D eigenvalue weighted by Gasteiger charge is 2.64. The summed E-state index contributed by atoms with van der Waals surface area (Å²) in [4.78, 5) is 66.1. The molecule has 0 aliphatic carbocycles. The SMILES string of the molecule is C.CC1(C)OB(B2OC(C)(C)C(C)(C)O2)OC1(C)C.CN1C(=O)C(C)(C)Oc2c(-c3cn(C)c(=O)c4c3ccn4C)cc(S(C)(=O)=O)cc21.CN1C(=O)C(C)(C)Oc2c(Br)cc(S(C)(=O)=O)cc21.Cc1ccc(S(=O)(=O)n2ccc3c(B4OC(C)(C)C(C)(C)O4)cn(C)c(=O)c32)cc1.Cc1ccc(S(=O)(=O)n2ccc3c(Br)cn(C)c(=O)c32)cc1. The van der Waals surface area contributed by atoms with Crippen LogP contribution in [0.5, 0.6) is 11.5 Å². The molecule has 4 aromatic carbocycles. The number of hydrogen-bond donors (Lipinski definition) is 0. The number of benzene rings is 4. The summed E-state index contributed by atoms with van der Waals surface area (Å²) in [5.74, 6) is 0.368. The molecule has 2 amide bonds. The van der Waals surface area contributed by atoms with Crippen molar-refractivity contribution in [1.82, 2.24) is 26.2 Å². The number of likely N-dealkylation sites (N-methyl/N-ethyl adjacent to an activating group) is 2. The normalized spacial score (nSPS) is 18.4. The van der Waals surface area contributed by atoms with E-state index in [1.807, 2.05) is 103 Å². The minimum absolute atomic E-state index is 0. The molecule has 0 atom stereocenters. The molecular formula is C82H103B3Br2N8O21S4. The number of rotatable bonds is 9.